The van der Waals surface area contributed by atoms with E-state index in [9.17, 15) is 24.3 Å². The van der Waals surface area contributed by atoms with Crippen LogP contribution >= 0.6 is 0 Å². The van der Waals surface area contributed by atoms with Crippen LogP contribution < -0.4 is 0 Å². The first-order valence-electron chi connectivity index (χ1n) is 16.3. The monoisotopic (exact) mass is 682 g/mol. The smallest absolute Gasteiger partial charge is 0.338 e. The average molecular weight is 683 g/mol. The highest BCUT2D eigenvalue weighted by Crippen LogP contribution is 2.31. The Bertz CT molecular complexity index is 1670. The Kier molecular flexibility index (Phi) is 13.2. The van der Waals surface area contributed by atoms with Gasteiger partial charge in [-0.2, -0.15) is 0 Å². The molecule has 4 aromatic carbocycles. The molecule has 5 rings (SSSR count). The van der Waals surface area contributed by atoms with Crippen LogP contribution in [-0.4, -0.2) is 72.9 Å². The number of unbranched alkanes of at least 4 members (excludes halogenated alkanes) is 1. The van der Waals surface area contributed by atoms with Gasteiger partial charge in [0.25, 0.3) is 0 Å². The van der Waals surface area contributed by atoms with Crippen LogP contribution in [0, 0.1) is 0 Å². The quantitative estimate of drug-likeness (QED) is 0.0990. The molecule has 1 heterocycles. The largest absolute Gasteiger partial charge is 0.461 e. The van der Waals surface area contributed by atoms with Crippen molar-refractivity contribution in [3.8, 4) is 0 Å². The van der Waals surface area contributed by atoms with Crippen LogP contribution in [0.5, 0.6) is 0 Å². The van der Waals surface area contributed by atoms with E-state index in [-0.39, 0.29) is 42.3 Å². The van der Waals surface area contributed by atoms with Gasteiger partial charge in [0.1, 0.15) is 12.7 Å². The van der Waals surface area contributed by atoms with Crippen LogP contribution in [0.15, 0.2) is 121 Å². The van der Waals surface area contributed by atoms with Crippen molar-refractivity contribution in [2.75, 3.05) is 13.2 Å². The highest BCUT2D eigenvalue weighted by molar-refractivity contribution is 5.91. The standard InChI is InChI=1S/C39H38O11/c40-25-31-33(48-36(42)28-17-7-2-8-18-28)34(49-37(43)29-19-9-3-10-20-29)35(50-38(44)30-21-11-4-12-22-30)39(47-31)45-24-14-13-23-32(41)46-26-27-15-5-1-6-16-27/h1-12,15-22,31,33-35,39-40H,13-14,23-26H2/t31?,33-,34?,35-,39+/m1/s1. The number of hydrogen-bond acceptors (Lipinski definition) is 11. The van der Waals surface area contributed by atoms with Crippen molar-refractivity contribution < 1.29 is 52.7 Å². The van der Waals surface area contributed by atoms with Gasteiger partial charge in [-0.3, -0.25) is 4.79 Å². The first-order chi connectivity index (χ1) is 24.4. The van der Waals surface area contributed by atoms with Gasteiger partial charge in [0.2, 0.25) is 0 Å². The number of ether oxygens (including phenoxy) is 6. The molecule has 1 N–H and O–H groups in total. The van der Waals surface area contributed by atoms with Gasteiger partial charge in [-0.05, 0) is 54.8 Å². The summed E-state index contributed by atoms with van der Waals surface area (Å²) in [7, 11) is 0. The second kappa shape index (κ2) is 18.4. The minimum Gasteiger partial charge on any atom is -0.461 e. The molecule has 0 spiro atoms. The fourth-order valence-electron chi connectivity index (χ4n) is 5.24. The molecule has 4 aromatic rings. The number of hydrogen-bond donors (Lipinski definition) is 1. The van der Waals surface area contributed by atoms with E-state index in [1.54, 1.807) is 91.0 Å². The Morgan fingerprint density at radius 2 is 1.04 bits per heavy atom. The van der Waals surface area contributed by atoms with Crippen LogP contribution in [0.4, 0.5) is 0 Å². The summed E-state index contributed by atoms with van der Waals surface area (Å²) in [4.78, 5) is 52.4. The molecule has 1 aliphatic heterocycles. The normalized spacial score (nSPS) is 19.9. The van der Waals surface area contributed by atoms with E-state index >= 15 is 0 Å². The summed E-state index contributed by atoms with van der Waals surface area (Å²) in [5, 5.41) is 10.4. The zero-order valence-electron chi connectivity index (χ0n) is 27.2. The summed E-state index contributed by atoms with van der Waals surface area (Å²) in [5.41, 5.74) is 1.48. The van der Waals surface area contributed by atoms with Gasteiger partial charge in [-0.1, -0.05) is 84.9 Å². The third-order valence-corrected chi connectivity index (χ3v) is 7.83. The van der Waals surface area contributed by atoms with Crippen molar-refractivity contribution in [2.45, 2.75) is 56.6 Å². The molecule has 0 aromatic heterocycles. The van der Waals surface area contributed by atoms with E-state index in [4.69, 9.17) is 28.4 Å². The molecule has 5 atom stereocenters. The van der Waals surface area contributed by atoms with Crippen LogP contribution in [0.25, 0.3) is 0 Å². The summed E-state index contributed by atoms with van der Waals surface area (Å²) in [6.45, 7) is -0.442. The molecule has 1 saturated heterocycles. The summed E-state index contributed by atoms with van der Waals surface area (Å²) < 4.78 is 35.1. The number of rotatable bonds is 15. The predicted octanol–water partition coefficient (Wildman–Crippen LogP) is 5.31. The number of aliphatic hydroxyl groups is 1. The van der Waals surface area contributed by atoms with Crippen molar-refractivity contribution in [1.29, 1.82) is 0 Å². The zero-order valence-corrected chi connectivity index (χ0v) is 27.2. The number of carbonyl (C=O) groups excluding carboxylic acids is 4. The van der Waals surface area contributed by atoms with Crippen molar-refractivity contribution in [3.05, 3.63) is 144 Å². The summed E-state index contributed by atoms with van der Waals surface area (Å²) in [6, 6.07) is 33.7. The SMILES string of the molecule is O=C(CCCCO[C@H]1OC(CO)[C@@H](OC(=O)c2ccccc2)C(OC(=O)c2ccccc2)[C@H]1OC(=O)c1ccccc1)OCc1ccccc1. The molecule has 1 aliphatic rings. The predicted molar refractivity (Wildman–Crippen MR) is 179 cm³/mol. The highest BCUT2D eigenvalue weighted by atomic mass is 16.7. The molecule has 0 aliphatic carbocycles. The molecule has 50 heavy (non-hydrogen) atoms. The van der Waals surface area contributed by atoms with Crippen molar-refractivity contribution in [2.24, 2.45) is 0 Å². The third kappa shape index (κ3) is 10.1. The van der Waals surface area contributed by atoms with E-state index in [0.29, 0.717) is 12.8 Å². The van der Waals surface area contributed by atoms with E-state index < -0.39 is 55.2 Å². The molecular weight excluding hydrogens is 644 g/mol. The topological polar surface area (TPSA) is 144 Å². The Morgan fingerprint density at radius 3 is 1.54 bits per heavy atom. The maximum atomic E-state index is 13.4. The van der Waals surface area contributed by atoms with Crippen LogP contribution in [0.1, 0.15) is 55.9 Å². The Hall–Kier alpha value is -5.36. The lowest BCUT2D eigenvalue weighted by molar-refractivity contribution is -0.298. The Morgan fingerprint density at radius 1 is 0.580 bits per heavy atom. The van der Waals surface area contributed by atoms with Crippen molar-refractivity contribution in [1.82, 2.24) is 0 Å². The van der Waals surface area contributed by atoms with E-state index in [1.165, 1.54) is 0 Å². The third-order valence-electron chi connectivity index (χ3n) is 7.83. The molecule has 2 unspecified atom stereocenters. The maximum Gasteiger partial charge on any atom is 0.338 e. The first kappa shape index (κ1) is 35.9. The number of carbonyl (C=O) groups is 4. The summed E-state index contributed by atoms with van der Waals surface area (Å²) in [6.07, 6.45) is -5.96. The van der Waals surface area contributed by atoms with Crippen molar-refractivity contribution in [3.63, 3.8) is 0 Å². The number of esters is 4. The molecule has 0 bridgehead atoms. The second-order valence-corrected chi connectivity index (χ2v) is 11.4. The van der Waals surface area contributed by atoms with E-state index in [2.05, 4.69) is 0 Å². The van der Waals surface area contributed by atoms with Gasteiger partial charge in [-0.15, -0.1) is 0 Å². The molecule has 0 amide bonds. The van der Waals surface area contributed by atoms with Gasteiger partial charge in [0, 0.05) is 13.0 Å². The zero-order chi connectivity index (χ0) is 35.1. The van der Waals surface area contributed by atoms with Crippen LogP contribution in [0.3, 0.4) is 0 Å². The molecule has 0 saturated carbocycles. The lowest BCUT2D eigenvalue weighted by Gasteiger charge is -2.44. The van der Waals surface area contributed by atoms with Gasteiger partial charge in [-0.25, -0.2) is 14.4 Å². The van der Waals surface area contributed by atoms with Gasteiger partial charge in [0.05, 0.1) is 23.3 Å². The van der Waals surface area contributed by atoms with Gasteiger partial charge < -0.3 is 33.5 Å². The van der Waals surface area contributed by atoms with E-state index in [0.717, 1.165) is 5.56 Å². The fourth-order valence-corrected chi connectivity index (χ4v) is 5.24. The van der Waals surface area contributed by atoms with Crippen LogP contribution in [0.2, 0.25) is 0 Å². The first-order valence-corrected chi connectivity index (χ1v) is 16.3. The molecule has 1 fully saturated rings. The number of aliphatic hydroxyl groups excluding tert-OH is 1. The Balaban J connectivity index is 1.34. The maximum absolute atomic E-state index is 13.4. The summed E-state index contributed by atoms with van der Waals surface area (Å²) >= 11 is 0. The fraction of sp³-hybridized carbons (Fsp3) is 0.282. The highest BCUT2D eigenvalue weighted by Gasteiger charge is 2.53. The summed E-state index contributed by atoms with van der Waals surface area (Å²) in [5.74, 6) is -2.70. The average Bonchev–Trinajstić information content (AvgIpc) is 3.16. The molecule has 0 radical (unpaired) electrons. The second-order valence-electron chi connectivity index (χ2n) is 11.4. The van der Waals surface area contributed by atoms with E-state index in [1.807, 2.05) is 30.3 Å². The molecule has 11 nitrogen and oxygen atoms in total. The minimum absolute atomic E-state index is 0.0436. The van der Waals surface area contributed by atoms with Gasteiger partial charge >= 0.3 is 23.9 Å². The lowest BCUT2D eigenvalue weighted by Crippen LogP contribution is -2.63. The molecule has 11 heteroatoms. The minimum atomic E-state index is -1.47. The molecular formula is C39H38O11. The lowest BCUT2D eigenvalue weighted by atomic mass is 9.97. The Labute approximate surface area is 289 Å². The van der Waals surface area contributed by atoms with Gasteiger partial charge in [0.15, 0.2) is 24.6 Å². The van der Waals surface area contributed by atoms with Crippen LogP contribution in [-0.2, 0) is 39.8 Å². The molecule has 260 valence electrons. The number of benzene rings is 4. The van der Waals surface area contributed by atoms with Crippen molar-refractivity contribution >= 4 is 23.9 Å².